The van der Waals surface area contributed by atoms with Crippen molar-refractivity contribution in [3.8, 4) is 0 Å². The van der Waals surface area contributed by atoms with Gasteiger partial charge in [0.15, 0.2) is 0 Å². The normalized spacial score (nSPS) is 17.0. The van der Waals surface area contributed by atoms with Crippen LogP contribution in [0.5, 0.6) is 0 Å². The first-order chi connectivity index (χ1) is 14.0. The van der Waals surface area contributed by atoms with E-state index in [1.54, 1.807) is 4.90 Å². The lowest BCUT2D eigenvalue weighted by Gasteiger charge is -2.46. The van der Waals surface area contributed by atoms with Crippen LogP contribution < -0.4 is 16.0 Å². The fourth-order valence-electron chi connectivity index (χ4n) is 4.01. The lowest BCUT2D eigenvalue weighted by molar-refractivity contribution is -0.116. The van der Waals surface area contributed by atoms with Crippen molar-refractivity contribution in [2.45, 2.75) is 25.0 Å². The van der Waals surface area contributed by atoms with E-state index in [9.17, 15) is 9.59 Å². The zero-order chi connectivity index (χ0) is 20.3. The van der Waals surface area contributed by atoms with Crippen molar-refractivity contribution in [1.29, 1.82) is 0 Å². The first kappa shape index (κ1) is 19.3. The van der Waals surface area contributed by atoms with E-state index in [1.165, 1.54) is 0 Å². The van der Waals surface area contributed by atoms with Crippen molar-refractivity contribution >= 4 is 23.3 Å². The smallest absolute Gasteiger partial charge is 0.322 e. The number of hydrogen-bond acceptors (Lipinski definition) is 4. The van der Waals surface area contributed by atoms with E-state index in [-0.39, 0.29) is 18.2 Å². The summed E-state index contributed by atoms with van der Waals surface area (Å²) in [5.41, 5.74) is 7.92. The van der Waals surface area contributed by atoms with Crippen LogP contribution in [-0.4, -0.2) is 48.7 Å². The largest absolute Gasteiger partial charge is 0.371 e. The van der Waals surface area contributed by atoms with Crippen LogP contribution in [0, 0.1) is 0 Å². The average molecular weight is 394 g/mol. The maximum atomic E-state index is 12.6. The molecule has 0 bridgehead atoms. The number of likely N-dealkylation sites (tertiary alicyclic amines) is 1. The lowest BCUT2D eigenvalue weighted by atomic mass is 9.91. The molecule has 2 fully saturated rings. The third-order valence-corrected chi connectivity index (χ3v) is 5.46. The van der Waals surface area contributed by atoms with Crippen molar-refractivity contribution in [2.75, 3.05) is 36.5 Å². The Hall–Kier alpha value is -3.06. The van der Waals surface area contributed by atoms with Gasteiger partial charge in [0.1, 0.15) is 5.60 Å². The molecular weight excluding hydrogens is 368 g/mol. The second-order valence-corrected chi connectivity index (χ2v) is 7.78. The van der Waals surface area contributed by atoms with Gasteiger partial charge < -0.3 is 25.6 Å². The number of anilines is 2. The molecule has 2 aliphatic heterocycles. The first-order valence-corrected chi connectivity index (χ1v) is 9.90. The van der Waals surface area contributed by atoms with Gasteiger partial charge >= 0.3 is 6.03 Å². The fraction of sp³-hybridized carbons (Fsp3) is 0.364. The minimum Gasteiger partial charge on any atom is -0.371 e. The van der Waals surface area contributed by atoms with Gasteiger partial charge in [-0.25, -0.2) is 4.79 Å². The topological polar surface area (TPSA) is 87.9 Å². The number of primary amides is 1. The Balaban J connectivity index is 1.43. The van der Waals surface area contributed by atoms with Gasteiger partial charge in [-0.15, -0.1) is 0 Å². The van der Waals surface area contributed by atoms with Crippen LogP contribution in [0.25, 0.3) is 0 Å². The van der Waals surface area contributed by atoms with Gasteiger partial charge in [0.25, 0.3) is 0 Å². The van der Waals surface area contributed by atoms with Crippen LogP contribution in [0.3, 0.4) is 0 Å². The van der Waals surface area contributed by atoms with Crippen LogP contribution in [0.15, 0.2) is 54.6 Å². The number of nitrogens with two attached hydrogens (primary N) is 1. The van der Waals surface area contributed by atoms with Crippen molar-refractivity contribution in [3.63, 3.8) is 0 Å². The second kappa shape index (κ2) is 8.13. The predicted molar refractivity (Wildman–Crippen MR) is 112 cm³/mol. The quantitative estimate of drug-likeness (QED) is 0.788. The minimum absolute atomic E-state index is 0.0955. The van der Waals surface area contributed by atoms with Crippen LogP contribution in [0.4, 0.5) is 16.2 Å². The predicted octanol–water partition coefficient (Wildman–Crippen LogP) is 2.58. The number of ether oxygens (including phenoxy) is 1. The van der Waals surface area contributed by atoms with Gasteiger partial charge in [0.05, 0.1) is 19.6 Å². The number of carbonyl (C=O) groups excluding carboxylic acids is 2. The SMILES string of the molecule is NC(=O)CN(Cc1ccccc1)c1cccc(NC(=O)N2CC3(CCCO3)C2)c1. The summed E-state index contributed by atoms with van der Waals surface area (Å²) in [6, 6.07) is 17.2. The first-order valence-electron chi connectivity index (χ1n) is 9.90. The summed E-state index contributed by atoms with van der Waals surface area (Å²) >= 11 is 0. The van der Waals surface area contributed by atoms with Gasteiger partial charge in [-0.1, -0.05) is 36.4 Å². The molecule has 0 atom stereocenters. The van der Waals surface area contributed by atoms with E-state index >= 15 is 0 Å². The van der Waals surface area contributed by atoms with Crippen molar-refractivity contribution < 1.29 is 14.3 Å². The highest BCUT2D eigenvalue weighted by Crippen LogP contribution is 2.35. The second-order valence-electron chi connectivity index (χ2n) is 7.78. The molecule has 2 aromatic rings. The molecule has 3 amide bonds. The number of rotatable bonds is 6. The van der Waals surface area contributed by atoms with Crippen LogP contribution in [0.2, 0.25) is 0 Å². The van der Waals surface area contributed by atoms with E-state index in [0.29, 0.717) is 25.3 Å². The zero-order valence-electron chi connectivity index (χ0n) is 16.3. The number of benzene rings is 2. The highest BCUT2D eigenvalue weighted by Gasteiger charge is 2.48. The number of urea groups is 1. The average Bonchev–Trinajstić information content (AvgIpc) is 3.17. The number of nitrogens with zero attached hydrogens (tertiary/aromatic N) is 2. The summed E-state index contributed by atoms with van der Waals surface area (Å²) in [7, 11) is 0. The Bertz CT molecular complexity index is 873. The molecular formula is C22H26N4O3. The van der Waals surface area contributed by atoms with Crippen LogP contribution in [-0.2, 0) is 16.1 Å². The Morgan fingerprint density at radius 3 is 2.62 bits per heavy atom. The Kier molecular flexibility index (Phi) is 5.40. The maximum absolute atomic E-state index is 12.6. The summed E-state index contributed by atoms with van der Waals surface area (Å²) < 4.78 is 5.78. The number of amides is 3. The van der Waals surface area contributed by atoms with Gasteiger partial charge in [0.2, 0.25) is 5.91 Å². The molecule has 7 nitrogen and oxygen atoms in total. The molecule has 0 aromatic heterocycles. The highest BCUT2D eigenvalue weighted by atomic mass is 16.5. The molecule has 0 aliphatic carbocycles. The molecule has 152 valence electrons. The summed E-state index contributed by atoms with van der Waals surface area (Å²) in [4.78, 5) is 27.8. The van der Waals surface area contributed by atoms with E-state index in [2.05, 4.69) is 5.32 Å². The van der Waals surface area contributed by atoms with E-state index < -0.39 is 5.91 Å². The monoisotopic (exact) mass is 394 g/mol. The standard InChI is InChI=1S/C22H26N4O3/c23-20(27)14-25(13-17-6-2-1-3-7-17)19-9-4-8-18(12-19)24-21(28)26-15-22(16-26)10-5-11-29-22/h1-4,6-9,12H,5,10-11,13-16H2,(H2,23,27)(H,24,28). The molecule has 0 saturated carbocycles. The van der Waals surface area contributed by atoms with Gasteiger partial charge in [-0.3, -0.25) is 4.79 Å². The van der Waals surface area contributed by atoms with Crippen LogP contribution in [0.1, 0.15) is 18.4 Å². The third-order valence-electron chi connectivity index (χ3n) is 5.46. The van der Waals surface area contributed by atoms with Crippen molar-refractivity contribution in [1.82, 2.24) is 4.90 Å². The lowest BCUT2D eigenvalue weighted by Crippen LogP contribution is -2.63. The molecule has 0 radical (unpaired) electrons. The molecule has 4 rings (SSSR count). The van der Waals surface area contributed by atoms with E-state index in [1.807, 2.05) is 59.5 Å². The number of carbonyl (C=O) groups is 2. The molecule has 2 heterocycles. The minimum atomic E-state index is -0.405. The molecule has 2 aliphatic rings. The van der Waals surface area contributed by atoms with Crippen molar-refractivity contribution in [3.05, 3.63) is 60.2 Å². The Labute approximate surface area is 170 Å². The Morgan fingerprint density at radius 1 is 1.14 bits per heavy atom. The molecule has 0 unspecified atom stereocenters. The molecule has 1 spiro atoms. The summed E-state index contributed by atoms with van der Waals surface area (Å²) in [5, 5.41) is 2.95. The highest BCUT2D eigenvalue weighted by molar-refractivity contribution is 5.91. The van der Waals surface area contributed by atoms with E-state index in [0.717, 1.165) is 30.7 Å². The van der Waals surface area contributed by atoms with Gasteiger partial charge in [-0.05, 0) is 36.6 Å². The maximum Gasteiger partial charge on any atom is 0.322 e. The van der Waals surface area contributed by atoms with E-state index in [4.69, 9.17) is 10.5 Å². The fourth-order valence-corrected chi connectivity index (χ4v) is 4.01. The molecule has 7 heteroatoms. The molecule has 29 heavy (non-hydrogen) atoms. The van der Waals surface area contributed by atoms with Gasteiger partial charge in [-0.2, -0.15) is 0 Å². The van der Waals surface area contributed by atoms with Gasteiger partial charge in [0, 0.05) is 24.5 Å². The third kappa shape index (κ3) is 4.51. The summed E-state index contributed by atoms with van der Waals surface area (Å²) in [6.07, 6.45) is 2.09. The van der Waals surface area contributed by atoms with Crippen LogP contribution >= 0.6 is 0 Å². The molecule has 3 N–H and O–H groups in total. The van der Waals surface area contributed by atoms with Crippen molar-refractivity contribution in [2.24, 2.45) is 5.73 Å². The number of hydrogen-bond donors (Lipinski definition) is 2. The number of nitrogens with one attached hydrogen (secondary N) is 1. The Morgan fingerprint density at radius 2 is 1.93 bits per heavy atom. The zero-order valence-corrected chi connectivity index (χ0v) is 16.3. The summed E-state index contributed by atoms with van der Waals surface area (Å²) in [5.74, 6) is -0.405. The summed E-state index contributed by atoms with van der Waals surface area (Å²) in [6.45, 7) is 2.71. The molecule has 2 saturated heterocycles. The molecule has 2 aromatic carbocycles.